The van der Waals surface area contributed by atoms with Crippen LogP contribution in [0.2, 0.25) is 0 Å². The van der Waals surface area contributed by atoms with E-state index in [9.17, 15) is 8.42 Å². The van der Waals surface area contributed by atoms with E-state index in [-0.39, 0.29) is 11.4 Å². The molecule has 0 radical (unpaired) electrons. The van der Waals surface area contributed by atoms with E-state index in [2.05, 4.69) is 11.8 Å². The molecule has 1 aromatic rings. The highest BCUT2D eigenvalue weighted by Gasteiger charge is 2.19. The Morgan fingerprint density at radius 1 is 1.30 bits per heavy atom. The van der Waals surface area contributed by atoms with Gasteiger partial charge in [0, 0.05) is 25.8 Å². The third-order valence-electron chi connectivity index (χ3n) is 2.65. The lowest BCUT2D eigenvalue weighted by molar-refractivity contribution is 0.138. The van der Waals surface area contributed by atoms with Crippen LogP contribution in [0.5, 0.6) is 0 Å². The normalized spacial score (nSPS) is 11.2. The van der Waals surface area contributed by atoms with E-state index >= 15 is 0 Å². The maximum Gasteiger partial charge on any atom is 0.242 e. The monoisotopic (exact) mass is 296 g/mol. The topological polar surface area (TPSA) is 72.6 Å². The van der Waals surface area contributed by atoms with Crippen molar-refractivity contribution in [3.8, 4) is 11.8 Å². The molecule has 0 aromatic heterocycles. The van der Waals surface area contributed by atoms with Crippen LogP contribution in [0.15, 0.2) is 29.2 Å². The number of rotatable bonds is 6. The lowest BCUT2D eigenvalue weighted by Gasteiger charge is -2.17. The molecular weight excluding hydrogens is 276 g/mol. The first-order valence-corrected chi connectivity index (χ1v) is 7.79. The molecule has 0 spiro atoms. The fourth-order valence-corrected chi connectivity index (χ4v) is 2.66. The number of benzene rings is 1. The summed E-state index contributed by atoms with van der Waals surface area (Å²) in [5.74, 6) is 5.57. The van der Waals surface area contributed by atoms with Gasteiger partial charge in [-0.15, -0.1) is 0 Å². The molecule has 0 unspecified atom stereocenters. The average molecular weight is 296 g/mol. The molecule has 0 saturated carbocycles. The fourth-order valence-electron chi connectivity index (χ4n) is 1.50. The summed E-state index contributed by atoms with van der Waals surface area (Å²) in [6.45, 7) is 3.43. The van der Waals surface area contributed by atoms with Crippen molar-refractivity contribution in [3.63, 3.8) is 0 Å². The molecule has 1 aromatic carbocycles. The molecular formula is C14H20N2O3S. The molecule has 110 valence electrons. The number of hydrogen-bond acceptors (Lipinski definition) is 4. The summed E-state index contributed by atoms with van der Waals surface area (Å²) in [6.07, 6.45) is 0. The zero-order valence-corrected chi connectivity index (χ0v) is 12.6. The molecule has 0 fully saturated rings. The van der Waals surface area contributed by atoms with Crippen LogP contribution in [0, 0.1) is 11.8 Å². The van der Waals surface area contributed by atoms with Crippen LogP contribution in [0.1, 0.15) is 12.5 Å². The maximum atomic E-state index is 12.3. The van der Waals surface area contributed by atoms with Crippen LogP contribution in [-0.2, 0) is 14.8 Å². The molecule has 20 heavy (non-hydrogen) atoms. The van der Waals surface area contributed by atoms with Gasteiger partial charge in [0.2, 0.25) is 10.0 Å². The van der Waals surface area contributed by atoms with E-state index in [1.165, 1.54) is 11.4 Å². The summed E-state index contributed by atoms with van der Waals surface area (Å²) in [5.41, 5.74) is 6.03. The highest BCUT2D eigenvalue weighted by Crippen LogP contribution is 2.14. The van der Waals surface area contributed by atoms with Crippen LogP contribution in [0.3, 0.4) is 0 Å². The molecule has 0 saturated heterocycles. The summed E-state index contributed by atoms with van der Waals surface area (Å²) in [6, 6.07) is 6.44. The average Bonchev–Trinajstić information content (AvgIpc) is 2.45. The third kappa shape index (κ3) is 4.62. The summed E-state index contributed by atoms with van der Waals surface area (Å²) >= 11 is 0. The zero-order valence-electron chi connectivity index (χ0n) is 11.8. The summed E-state index contributed by atoms with van der Waals surface area (Å²) in [7, 11) is -1.94. The van der Waals surface area contributed by atoms with Crippen LogP contribution < -0.4 is 5.73 Å². The van der Waals surface area contributed by atoms with E-state index < -0.39 is 10.0 Å². The van der Waals surface area contributed by atoms with Crippen molar-refractivity contribution in [1.29, 1.82) is 0 Å². The minimum absolute atomic E-state index is 0.245. The van der Waals surface area contributed by atoms with Gasteiger partial charge in [-0.05, 0) is 31.2 Å². The minimum Gasteiger partial charge on any atom is -0.380 e. The van der Waals surface area contributed by atoms with Gasteiger partial charge in [-0.3, -0.25) is 0 Å². The van der Waals surface area contributed by atoms with Crippen molar-refractivity contribution in [1.82, 2.24) is 4.31 Å². The standard InChI is InChI=1S/C14H20N2O3S/c1-3-19-12-11-16(2)20(17,18)14-8-6-13(7-9-14)5-4-10-15/h6-9H,3,10-12,15H2,1-2H3. The highest BCUT2D eigenvalue weighted by atomic mass is 32.2. The molecule has 0 aliphatic heterocycles. The van der Waals surface area contributed by atoms with Gasteiger partial charge in [0.1, 0.15) is 0 Å². The second-order valence-corrected chi connectivity index (χ2v) is 6.10. The van der Waals surface area contributed by atoms with Crippen LogP contribution in [0.4, 0.5) is 0 Å². The van der Waals surface area contributed by atoms with Crippen molar-refractivity contribution in [2.75, 3.05) is 33.4 Å². The van der Waals surface area contributed by atoms with E-state index in [4.69, 9.17) is 10.5 Å². The van der Waals surface area contributed by atoms with Gasteiger partial charge in [-0.1, -0.05) is 11.8 Å². The fraction of sp³-hybridized carbons (Fsp3) is 0.429. The van der Waals surface area contributed by atoms with E-state index in [1.807, 2.05) is 6.92 Å². The summed E-state index contributed by atoms with van der Waals surface area (Å²) in [5, 5.41) is 0. The lowest BCUT2D eigenvalue weighted by atomic mass is 10.2. The summed E-state index contributed by atoms with van der Waals surface area (Å²) < 4.78 is 31.0. The molecule has 0 aliphatic rings. The molecule has 0 amide bonds. The molecule has 0 heterocycles. The molecule has 0 bridgehead atoms. The Labute approximate surface area is 120 Å². The minimum atomic E-state index is -3.48. The number of nitrogens with zero attached hydrogens (tertiary/aromatic N) is 1. The van der Waals surface area contributed by atoms with Gasteiger partial charge in [0.25, 0.3) is 0 Å². The van der Waals surface area contributed by atoms with Gasteiger partial charge in [0.15, 0.2) is 0 Å². The zero-order chi connectivity index (χ0) is 15.0. The van der Waals surface area contributed by atoms with Gasteiger partial charge in [-0.25, -0.2) is 8.42 Å². The molecule has 0 aliphatic carbocycles. The Balaban J connectivity index is 2.81. The van der Waals surface area contributed by atoms with Crippen molar-refractivity contribution >= 4 is 10.0 Å². The first-order valence-electron chi connectivity index (χ1n) is 6.35. The Kier molecular flexibility index (Phi) is 6.68. The number of likely N-dealkylation sites (N-methyl/N-ethyl adjacent to an activating group) is 1. The quantitative estimate of drug-likeness (QED) is 0.618. The first-order chi connectivity index (χ1) is 9.52. The molecule has 1 rings (SSSR count). The maximum absolute atomic E-state index is 12.3. The largest absolute Gasteiger partial charge is 0.380 e. The summed E-state index contributed by atoms with van der Waals surface area (Å²) in [4.78, 5) is 0.245. The van der Waals surface area contributed by atoms with Gasteiger partial charge in [-0.2, -0.15) is 4.31 Å². The SMILES string of the molecule is CCOCCN(C)S(=O)(=O)c1ccc(C#CCN)cc1. The Morgan fingerprint density at radius 2 is 1.95 bits per heavy atom. The van der Waals surface area contributed by atoms with E-state index in [0.717, 1.165) is 5.56 Å². The Hall–Kier alpha value is -1.39. The predicted octanol–water partition coefficient (Wildman–Crippen LogP) is 0.654. The second-order valence-electron chi connectivity index (χ2n) is 4.05. The van der Waals surface area contributed by atoms with E-state index in [1.54, 1.807) is 24.3 Å². The predicted molar refractivity (Wildman–Crippen MR) is 78.7 cm³/mol. The van der Waals surface area contributed by atoms with Crippen LogP contribution >= 0.6 is 0 Å². The third-order valence-corrected chi connectivity index (χ3v) is 4.52. The van der Waals surface area contributed by atoms with Gasteiger partial charge < -0.3 is 10.5 Å². The van der Waals surface area contributed by atoms with Crippen molar-refractivity contribution in [3.05, 3.63) is 29.8 Å². The second kappa shape index (κ2) is 8.02. The van der Waals surface area contributed by atoms with Crippen molar-refractivity contribution < 1.29 is 13.2 Å². The van der Waals surface area contributed by atoms with Gasteiger partial charge >= 0.3 is 0 Å². The number of sulfonamides is 1. The van der Waals surface area contributed by atoms with Crippen LogP contribution in [0.25, 0.3) is 0 Å². The molecule has 5 nitrogen and oxygen atoms in total. The van der Waals surface area contributed by atoms with Crippen molar-refractivity contribution in [2.45, 2.75) is 11.8 Å². The molecule has 2 N–H and O–H groups in total. The Morgan fingerprint density at radius 3 is 2.50 bits per heavy atom. The molecule has 0 atom stereocenters. The number of ether oxygens (including phenoxy) is 1. The smallest absolute Gasteiger partial charge is 0.242 e. The van der Waals surface area contributed by atoms with Crippen molar-refractivity contribution in [2.24, 2.45) is 5.73 Å². The highest BCUT2D eigenvalue weighted by molar-refractivity contribution is 7.89. The first kappa shape index (κ1) is 16.7. The number of hydrogen-bond donors (Lipinski definition) is 1. The molecule has 6 heteroatoms. The van der Waals surface area contributed by atoms with E-state index in [0.29, 0.717) is 19.8 Å². The Bertz CT molecular complexity index is 571. The van der Waals surface area contributed by atoms with Crippen LogP contribution in [-0.4, -0.2) is 46.1 Å². The van der Waals surface area contributed by atoms with Gasteiger partial charge in [0.05, 0.1) is 18.0 Å². The number of nitrogens with two attached hydrogens (primary N) is 1. The lowest BCUT2D eigenvalue weighted by Crippen LogP contribution is -2.30.